The van der Waals surface area contributed by atoms with Gasteiger partial charge in [0.05, 0.1) is 25.8 Å². The van der Waals surface area contributed by atoms with Crippen LogP contribution in [0, 0.1) is 0 Å². The summed E-state index contributed by atoms with van der Waals surface area (Å²) >= 11 is 0. The molecule has 4 rings (SSSR count). The number of benzene rings is 2. The highest BCUT2D eigenvalue weighted by atomic mass is 35.5. The lowest BCUT2D eigenvalue weighted by Crippen LogP contribution is -2.49. The van der Waals surface area contributed by atoms with Crippen LogP contribution in [0.5, 0.6) is 17.2 Å². The molecule has 1 amide bonds. The summed E-state index contributed by atoms with van der Waals surface area (Å²) in [4.78, 5) is 15.3. The first-order chi connectivity index (χ1) is 13.7. The fourth-order valence-corrected chi connectivity index (χ4v) is 3.82. The number of halogens is 1. The van der Waals surface area contributed by atoms with Gasteiger partial charge in [0.25, 0.3) is 5.91 Å². The molecule has 0 radical (unpaired) electrons. The van der Waals surface area contributed by atoms with E-state index in [1.807, 2.05) is 53.4 Å². The Morgan fingerprint density at radius 1 is 1.10 bits per heavy atom. The van der Waals surface area contributed by atoms with Gasteiger partial charge in [0.1, 0.15) is 12.4 Å². The molecule has 154 valence electrons. The molecule has 2 aromatic carbocycles. The van der Waals surface area contributed by atoms with E-state index in [0.29, 0.717) is 30.2 Å². The number of para-hydroxylation sites is 2. The summed E-state index contributed by atoms with van der Waals surface area (Å²) in [5.41, 5.74) is 2.51. The van der Waals surface area contributed by atoms with Gasteiger partial charge in [-0.05, 0) is 18.2 Å². The van der Waals surface area contributed by atoms with E-state index < -0.39 is 0 Å². The third-order valence-electron chi connectivity index (χ3n) is 5.21. The predicted octanol–water partition coefficient (Wildman–Crippen LogP) is 3.07. The third kappa shape index (κ3) is 4.04. The molecule has 29 heavy (non-hydrogen) atoms. The van der Waals surface area contributed by atoms with Gasteiger partial charge >= 0.3 is 0 Å². The zero-order valence-corrected chi connectivity index (χ0v) is 17.3. The van der Waals surface area contributed by atoms with Gasteiger partial charge in [0.15, 0.2) is 11.5 Å². The Morgan fingerprint density at radius 3 is 2.66 bits per heavy atom. The molecule has 1 fully saturated rings. The number of hydrogen-bond acceptors (Lipinski definition) is 5. The monoisotopic (exact) mass is 416 g/mol. The number of nitrogens with zero attached hydrogens (tertiary/aromatic N) is 1. The van der Waals surface area contributed by atoms with Crippen LogP contribution in [0.2, 0.25) is 0 Å². The molecule has 0 aromatic heterocycles. The van der Waals surface area contributed by atoms with Crippen molar-refractivity contribution in [3.8, 4) is 17.2 Å². The van der Waals surface area contributed by atoms with Gasteiger partial charge in [-0.25, -0.2) is 0 Å². The fourth-order valence-electron chi connectivity index (χ4n) is 3.82. The van der Waals surface area contributed by atoms with Crippen LogP contribution >= 0.6 is 12.4 Å². The second-order valence-corrected chi connectivity index (χ2v) is 6.80. The maximum absolute atomic E-state index is 13.4. The van der Waals surface area contributed by atoms with Crippen LogP contribution in [0.3, 0.4) is 0 Å². The van der Waals surface area contributed by atoms with E-state index in [-0.39, 0.29) is 31.0 Å². The van der Waals surface area contributed by atoms with Crippen LogP contribution in [0.1, 0.15) is 17.2 Å². The molecule has 2 aliphatic rings. The third-order valence-corrected chi connectivity index (χ3v) is 5.21. The Bertz CT molecular complexity index is 915. The molecule has 2 aromatic rings. The summed E-state index contributed by atoms with van der Waals surface area (Å²) in [5.74, 6) is 2.14. The first-order valence-corrected chi connectivity index (χ1v) is 9.38. The number of carbonyl (C=O) groups is 1. The molecular weight excluding hydrogens is 392 g/mol. The minimum absolute atomic E-state index is 0. The Balaban J connectivity index is 0.00000240. The van der Waals surface area contributed by atoms with Crippen molar-refractivity contribution in [3.63, 3.8) is 0 Å². The number of amides is 1. The SMILES string of the molecule is COc1ccccc1C1CNCCN1C(=O)C1=Cc2cccc(OC)c2OC1.Cl. The summed E-state index contributed by atoms with van der Waals surface area (Å²) in [6.07, 6.45) is 1.91. The lowest BCUT2D eigenvalue weighted by molar-refractivity contribution is -0.130. The van der Waals surface area contributed by atoms with Crippen molar-refractivity contribution in [2.24, 2.45) is 0 Å². The molecular formula is C22H25ClN2O4. The van der Waals surface area contributed by atoms with Crippen LogP contribution in [-0.4, -0.2) is 51.3 Å². The molecule has 0 bridgehead atoms. The molecule has 1 unspecified atom stereocenters. The van der Waals surface area contributed by atoms with Crippen LogP contribution in [0.4, 0.5) is 0 Å². The van der Waals surface area contributed by atoms with E-state index in [0.717, 1.165) is 23.4 Å². The lowest BCUT2D eigenvalue weighted by Gasteiger charge is -2.38. The molecule has 0 aliphatic carbocycles. The normalized spacial score (nSPS) is 17.9. The van der Waals surface area contributed by atoms with Gasteiger partial charge in [-0.3, -0.25) is 4.79 Å². The number of rotatable bonds is 4. The van der Waals surface area contributed by atoms with E-state index in [2.05, 4.69) is 5.32 Å². The van der Waals surface area contributed by atoms with Gasteiger partial charge in [0, 0.05) is 30.8 Å². The van der Waals surface area contributed by atoms with Gasteiger partial charge in [-0.1, -0.05) is 30.3 Å². The summed E-state index contributed by atoms with van der Waals surface area (Å²) in [6, 6.07) is 13.4. The van der Waals surface area contributed by atoms with Crippen molar-refractivity contribution in [3.05, 3.63) is 59.2 Å². The highest BCUT2D eigenvalue weighted by Gasteiger charge is 2.32. The highest BCUT2D eigenvalue weighted by Crippen LogP contribution is 2.37. The second-order valence-electron chi connectivity index (χ2n) is 6.80. The van der Waals surface area contributed by atoms with Crippen molar-refractivity contribution in [2.75, 3.05) is 40.5 Å². The van der Waals surface area contributed by atoms with E-state index in [4.69, 9.17) is 14.2 Å². The number of ether oxygens (including phenoxy) is 3. The van der Waals surface area contributed by atoms with Crippen molar-refractivity contribution in [2.45, 2.75) is 6.04 Å². The molecule has 0 saturated carbocycles. The van der Waals surface area contributed by atoms with Gasteiger partial charge < -0.3 is 24.4 Å². The Labute approximate surface area is 176 Å². The fraction of sp³-hybridized carbons (Fsp3) is 0.318. The quantitative estimate of drug-likeness (QED) is 0.830. The number of methoxy groups -OCH3 is 2. The predicted molar refractivity (Wildman–Crippen MR) is 114 cm³/mol. The lowest BCUT2D eigenvalue weighted by atomic mass is 9.99. The number of hydrogen-bond donors (Lipinski definition) is 1. The zero-order chi connectivity index (χ0) is 19.5. The first kappa shape index (κ1) is 21.0. The summed E-state index contributed by atoms with van der Waals surface area (Å²) in [7, 11) is 3.27. The van der Waals surface area contributed by atoms with Gasteiger partial charge in [-0.2, -0.15) is 0 Å². The topological polar surface area (TPSA) is 60.0 Å². The molecule has 2 heterocycles. The van der Waals surface area contributed by atoms with Crippen LogP contribution in [0.25, 0.3) is 6.08 Å². The van der Waals surface area contributed by atoms with E-state index in [9.17, 15) is 4.79 Å². The average molecular weight is 417 g/mol. The van der Waals surface area contributed by atoms with Crippen molar-refractivity contribution in [1.82, 2.24) is 10.2 Å². The van der Waals surface area contributed by atoms with E-state index >= 15 is 0 Å². The minimum Gasteiger partial charge on any atom is -0.496 e. The standard InChI is InChI=1S/C22H24N2O4.ClH/c1-26-19-8-4-3-7-17(19)18-13-23-10-11-24(18)22(25)16-12-15-6-5-9-20(27-2)21(15)28-14-16;/h3-9,12,18,23H,10-11,13-14H2,1-2H3;1H. The number of fused-ring (bicyclic) bond motifs is 1. The molecule has 1 saturated heterocycles. The van der Waals surface area contributed by atoms with Gasteiger partial charge in [-0.15, -0.1) is 12.4 Å². The molecule has 1 atom stereocenters. The maximum Gasteiger partial charge on any atom is 0.253 e. The zero-order valence-electron chi connectivity index (χ0n) is 16.5. The Hall–Kier alpha value is -2.70. The summed E-state index contributed by atoms with van der Waals surface area (Å²) in [5, 5.41) is 3.39. The molecule has 7 heteroatoms. The Morgan fingerprint density at radius 2 is 1.86 bits per heavy atom. The van der Waals surface area contributed by atoms with Crippen molar-refractivity contribution >= 4 is 24.4 Å². The van der Waals surface area contributed by atoms with Gasteiger partial charge in [0.2, 0.25) is 0 Å². The van der Waals surface area contributed by atoms with E-state index in [1.165, 1.54) is 0 Å². The largest absolute Gasteiger partial charge is 0.496 e. The molecule has 6 nitrogen and oxygen atoms in total. The van der Waals surface area contributed by atoms with Crippen molar-refractivity contribution in [1.29, 1.82) is 0 Å². The molecule has 2 aliphatic heterocycles. The molecule has 1 N–H and O–H groups in total. The van der Waals surface area contributed by atoms with E-state index in [1.54, 1.807) is 14.2 Å². The summed E-state index contributed by atoms with van der Waals surface area (Å²) < 4.78 is 16.8. The minimum atomic E-state index is -0.0926. The van der Waals surface area contributed by atoms with Crippen LogP contribution in [-0.2, 0) is 4.79 Å². The maximum atomic E-state index is 13.4. The van der Waals surface area contributed by atoms with Crippen LogP contribution in [0.15, 0.2) is 48.0 Å². The summed E-state index contributed by atoms with van der Waals surface area (Å²) in [6.45, 7) is 2.30. The first-order valence-electron chi connectivity index (χ1n) is 9.38. The van der Waals surface area contributed by atoms with Crippen molar-refractivity contribution < 1.29 is 19.0 Å². The number of nitrogens with one attached hydrogen (secondary N) is 1. The number of carbonyl (C=O) groups excluding carboxylic acids is 1. The molecule has 0 spiro atoms. The smallest absolute Gasteiger partial charge is 0.253 e. The second kappa shape index (κ2) is 9.20. The highest BCUT2D eigenvalue weighted by molar-refractivity contribution is 5.99. The average Bonchev–Trinajstić information content (AvgIpc) is 2.77. The number of piperazine rings is 1. The Kier molecular flexibility index (Phi) is 6.67. The van der Waals surface area contributed by atoms with Crippen LogP contribution < -0.4 is 19.5 Å².